The summed E-state index contributed by atoms with van der Waals surface area (Å²) in [6.07, 6.45) is 0.691. The van der Waals surface area contributed by atoms with Gasteiger partial charge >= 0.3 is 0 Å². The molecule has 3 aromatic rings. The second-order valence-corrected chi connectivity index (χ2v) is 6.96. The molecule has 2 aromatic heterocycles. The van der Waals surface area contributed by atoms with E-state index in [0.717, 1.165) is 10.4 Å². The maximum absolute atomic E-state index is 12.4. The Hall–Kier alpha value is -3.00. The van der Waals surface area contributed by atoms with Crippen LogP contribution in [0.3, 0.4) is 0 Å². The van der Waals surface area contributed by atoms with Crippen molar-refractivity contribution in [3.8, 4) is 10.7 Å². The van der Waals surface area contributed by atoms with Gasteiger partial charge in [0.1, 0.15) is 0 Å². The summed E-state index contributed by atoms with van der Waals surface area (Å²) in [4.78, 5) is 30.8. The van der Waals surface area contributed by atoms with E-state index in [1.54, 1.807) is 31.1 Å². The highest BCUT2D eigenvalue weighted by Gasteiger charge is 2.14. The molecule has 0 unspecified atom stereocenters. The lowest BCUT2D eigenvalue weighted by Crippen LogP contribution is -2.26. The summed E-state index contributed by atoms with van der Waals surface area (Å²) in [5.41, 5.74) is 1.55. The number of amides is 2. The second-order valence-electron chi connectivity index (χ2n) is 6.01. The zero-order chi connectivity index (χ0) is 19.2. The quantitative estimate of drug-likeness (QED) is 0.677. The van der Waals surface area contributed by atoms with Crippen LogP contribution in [0.5, 0.6) is 0 Å². The first-order chi connectivity index (χ1) is 13.1. The molecule has 0 radical (unpaired) electrons. The SMILES string of the molecule is CNC(=O)c1ccc(CN(C)C(=O)CCc2nc(-c3cccs3)no2)cc1. The minimum Gasteiger partial charge on any atom is -0.355 e. The molecule has 0 atom stereocenters. The van der Waals surface area contributed by atoms with Crippen molar-refractivity contribution in [3.05, 3.63) is 58.8 Å². The van der Waals surface area contributed by atoms with E-state index in [-0.39, 0.29) is 11.8 Å². The fourth-order valence-electron chi connectivity index (χ4n) is 2.53. The Bertz CT molecular complexity index is 903. The van der Waals surface area contributed by atoms with Gasteiger partial charge in [-0.1, -0.05) is 23.4 Å². The van der Waals surface area contributed by atoms with E-state index in [1.807, 2.05) is 29.6 Å². The molecule has 7 nitrogen and oxygen atoms in total. The fourth-order valence-corrected chi connectivity index (χ4v) is 3.18. The van der Waals surface area contributed by atoms with Gasteiger partial charge in [0.2, 0.25) is 17.6 Å². The van der Waals surface area contributed by atoms with E-state index < -0.39 is 0 Å². The van der Waals surface area contributed by atoms with Crippen LogP contribution in [-0.2, 0) is 17.8 Å². The Labute approximate surface area is 161 Å². The molecule has 1 aromatic carbocycles. The Morgan fingerprint density at radius 1 is 1.22 bits per heavy atom. The third-order valence-electron chi connectivity index (χ3n) is 4.05. The molecule has 0 fully saturated rings. The summed E-state index contributed by atoms with van der Waals surface area (Å²) >= 11 is 1.54. The topological polar surface area (TPSA) is 88.3 Å². The van der Waals surface area contributed by atoms with E-state index in [1.165, 1.54) is 11.3 Å². The number of carbonyl (C=O) groups is 2. The van der Waals surface area contributed by atoms with Crippen LogP contribution in [0.2, 0.25) is 0 Å². The molecule has 0 saturated carbocycles. The second kappa shape index (κ2) is 8.59. The van der Waals surface area contributed by atoms with Gasteiger partial charge in [-0.15, -0.1) is 11.3 Å². The number of nitrogens with one attached hydrogen (secondary N) is 1. The van der Waals surface area contributed by atoms with Crippen molar-refractivity contribution in [2.75, 3.05) is 14.1 Å². The predicted molar refractivity (Wildman–Crippen MR) is 102 cm³/mol. The van der Waals surface area contributed by atoms with Crippen molar-refractivity contribution >= 4 is 23.2 Å². The molecule has 0 aliphatic carbocycles. The zero-order valence-corrected chi connectivity index (χ0v) is 16.0. The molecule has 140 valence electrons. The van der Waals surface area contributed by atoms with Gasteiger partial charge in [-0.05, 0) is 29.1 Å². The van der Waals surface area contributed by atoms with Crippen molar-refractivity contribution in [1.29, 1.82) is 0 Å². The van der Waals surface area contributed by atoms with Crippen molar-refractivity contribution in [2.45, 2.75) is 19.4 Å². The molecule has 0 aliphatic rings. The molecular weight excluding hydrogens is 364 g/mol. The third kappa shape index (κ3) is 4.79. The standard InChI is InChI=1S/C19H20N4O3S/c1-20-19(25)14-7-5-13(6-8-14)12-23(2)17(24)10-9-16-21-18(22-26-16)15-4-3-11-27-15/h3-8,11H,9-10,12H2,1-2H3,(H,20,25). The zero-order valence-electron chi connectivity index (χ0n) is 15.1. The molecule has 0 bridgehead atoms. The van der Waals surface area contributed by atoms with E-state index in [0.29, 0.717) is 36.7 Å². The summed E-state index contributed by atoms with van der Waals surface area (Å²) in [6, 6.07) is 11.0. The normalized spacial score (nSPS) is 10.6. The largest absolute Gasteiger partial charge is 0.355 e. The van der Waals surface area contributed by atoms with Gasteiger partial charge in [0.15, 0.2) is 0 Å². The van der Waals surface area contributed by atoms with Gasteiger partial charge in [-0.2, -0.15) is 4.98 Å². The Morgan fingerprint density at radius 2 is 2.00 bits per heavy atom. The van der Waals surface area contributed by atoms with Gasteiger partial charge < -0.3 is 14.7 Å². The van der Waals surface area contributed by atoms with E-state index in [4.69, 9.17) is 4.52 Å². The van der Waals surface area contributed by atoms with Gasteiger partial charge in [-0.3, -0.25) is 9.59 Å². The van der Waals surface area contributed by atoms with Gasteiger partial charge in [-0.25, -0.2) is 0 Å². The molecule has 1 N–H and O–H groups in total. The highest BCUT2D eigenvalue weighted by molar-refractivity contribution is 7.13. The number of benzene rings is 1. The molecule has 0 saturated heterocycles. The monoisotopic (exact) mass is 384 g/mol. The first-order valence-corrected chi connectivity index (χ1v) is 9.36. The van der Waals surface area contributed by atoms with Crippen LogP contribution in [0.15, 0.2) is 46.3 Å². The smallest absolute Gasteiger partial charge is 0.251 e. The van der Waals surface area contributed by atoms with Crippen LogP contribution >= 0.6 is 11.3 Å². The average molecular weight is 384 g/mol. The Kier molecular flexibility index (Phi) is 5.97. The molecule has 3 rings (SSSR count). The van der Waals surface area contributed by atoms with Crippen molar-refractivity contribution < 1.29 is 14.1 Å². The summed E-state index contributed by atoms with van der Waals surface area (Å²) in [6.45, 7) is 0.469. The number of nitrogens with zero attached hydrogens (tertiary/aromatic N) is 3. The van der Waals surface area contributed by atoms with Crippen LogP contribution < -0.4 is 5.32 Å². The molecule has 27 heavy (non-hydrogen) atoms. The number of carbonyl (C=O) groups excluding carboxylic acids is 2. The Morgan fingerprint density at radius 3 is 2.67 bits per heavy atom. The third-order valence-corrected chi connectivity index (χ3v) is 4.92. The number of hydrogen-bond donors (Lipinski definition) is 1. The van der Waals surface area contributed by atoms with Crippen LogP contribution in [0.1, 0.15) is 28.2 Å². The Balaban J connectivity index is 1.51. The fraction of sp³-hybridized carbons (Fsp3) is 0.263. The number of thiophene rings is 1. The molecular formula is C19H20N4O3S. The molecule has 2 amide bonds. The first-order valence-electron chi connectivity index (χ1n) is 8.48. The predicted octanol–water partition coefficient (Wildman–Crippen LogP) is 2.75. The lowest BCUT2D eigenvalue weighted by Gasteiger charge is -2.17. The molecule has 8 heteroatoms. The maximum atomic E-state index is 12.4. The van der Waals surface area contributed by atoms with Gasteiger partial charge in [0.25, 0.3) is 5.91 Å². The van der Waals surface area contributed by atoms with E-state index >= 15 is 0 Å². The van der Waals surface area contributed by atoms with E-state index in [2.05, 4.69) is 15.5 Å². The first kappa shape index (κ1) is 18.8. The summed E-state index contributed by atoms with van der Waals surface area (Å²) < 4.78 is 5.22. The van der Waals surface area contributed by atoms with E-state index in [9.17, 15) is 9.59 Å². The number of hydrogen-bond acceptors (Lipinski definition) is 6. The van der Waals surface area contributed by atoms with Crippen molar-refractivity contribution in [1.82, 2.24) is 20.4 Å². The lowest BCUT2D eigenvalue weighted by atomic mass is 10.1. The maximum Gasteiger partial charge on any atom is 0.251 e. The van der Waals surface area contributed by atoms with Crippen molar-refractivity contribution in [2.24, 2.45) is 0 Å². The lowest BCUT2D eigenvalue weighted by molar-refractivity contribution is -0.130. The minimum atomic E-state index is -0.132. The minimum absolute atomic E-state index is 0.0127. The molecule has 2 heterocycles. The summed E-state index contributed by atoms with van der Waals surface area (Å²) in [5.74, 6) is 0.862. The molecule has 0 aliphatic heterocycles. The van der Waals surface area contributed by atoms with Crippen LogP contribution in [0.25, 0.3) is 10.7 Å². The van der Waals surface area contributed by atoms with Gasteiger partial charge in [0, 0.05) is 39.0 Å². The number of rotatable bonds is 7. The highest BCUT2D eigenvalue weighted by Crippen LogP contribution is 2.21. The average Bonchev–Trinajstić information content (AvgIpc) is 3.37. The number of aromatic nitrogens is 2. The van der Waals surface area contributed by atoms with Gasteiger partial charge in [0.05, 0.1) is 4.88 Å². The van der Waals surface area contributed by atoms with Crippen LogP contribution in [-0.4, -0.2) is 41.0 Å². The summed E-state index contributed by atoms with van der Waals surface area (Å²) in [5, 5.41) is 8.47. The molecule has 0 spiro atoms. The number of aryl methyl sites for hydroxylation is 1. The summed E-state index contributed by atoms with van der Waals surface area (Å²) in [7, 11) is 3.34. The van der Waals surface area contributed by atoms with Crippen LogP contribution in [0, 0.1) is 0 Å². The van der Waals surface area contributed by atoms with Crippen LogP contribution in [0.4, 0.5) is 0 Å². The highest BCUT2D eigenvalue weighted by atomic mass is 32.1. The van der Waals surface area contributed by atoms with Crippen molar-refractivity contribution in [3.63, 3.8) is 0 Å².